The van der Waals surface area contributed by atoms with Crippen LogP contribution in [-0.4, -0.2) is 26.4 Å². The lowest BCUT2D eigenvalue weighted by atomic mass is 9.53. The molecule has 0 aromatic heterocycles. The summed E-state index contributed by atoms with van der Waals surface area (Å²) in [4.78, 5) is 13.6. The molecule has 0 saturated heterocycles. The molecule has 6 heteroatoms. The van der Waals surface area contributed by atoms with Crippen LogP contribution >= 0.6 is 0 Å². The molecule has 2 aromatic carbocycles. The van der Waals surface area contributed by atoms with Crippen LogP contribution in [0.2, 0.25) is 0 Å². The molecule has 0 spiro atoms. The van der Waals surface area contributed by atoms with Crippen molar-refractivity contribution in [1.29, 1.82) is 0 Å². The van der Waals surface area contributed by atoms with Gasteiger partial charge in [-0.05, 0) is 101 Å². The van der Waals surface area contributed by atoms with Crippen molar-refractivity contribution >= 4 is 21.6 Å². The number of amides is 1. The van der Waals surface area contributed by atoms with Gasteiger partial charge < -0.3 is 5.32 Å². The van der Waals surface area contributed by atoms with Crippen LogP contribution in [0.15, 0.2) is 47.4 Å². The summed E-state index contributed by atoms with van der Waals surface area (Å²) in [6.45, 7) is 5.60. The van der Waals surface area contributed by atoms with Crippen LogP contribution < -0.4 is 9.62 Å². The molecule has 0 unspecified atom stereocenters. The number of nitrogens with zero attached hydrogens (tertiary/aromatic N) is 1. The van der Waals surface area contributed by atoms with Gasteiger partial charge in [0.15, 0.2) is 0 Å². The molecular formula is C27H34N2O3S. The van der Waals surface area contributed by atoms with Gasteiger partial charge in [-0.3, -0.25) is 9.10 Å². The molecule has 4 aliphatic rings. The van der Waals surface area contributed by atoms with Gasteiger partial charge in [-0.1, -0.05) is 35.4 Å². The normalized spacial score (nSPS) is 28.0. The van der Waals surface area contributed by atoms with Gasteiger partial charge in [0.25, 0.3) is 10.0 Å². The zero-order valence-corrected chi connectivity index (χ0v) is 20.6. The van der Waals surface area contributed by atoms with Crippen LogP contribution in [0.25, 0.3) is 0 Å². The smallest absolute Gasteiger partial charge is 0.264 e. The molecule has 1 amide bonds. The van der Waals surface area contributed by atoms with Crippen molar-refractivity contribution in [2.75, 3.05) is 10.8 Å². The van der Waals surface area contributed by atoms with Crippen molar-refractivity contribution < 1.29 is 13.2 Å². The maximum Gasteiger partial charge on any atom is 0.264 e. The molecule has 4 saturated carbocycles. The van der Waals surface area contributed by atoms with E-state index in [1.54, 1.807) is 24.3 Å². The predicted molar refractivity (Wildman–Crippen MR) is 131 cm³/mol. The van der Waals surface area contributed by atoms with Gasteiger partial charge in [-0.15, -0.1) is 0 Å². The lowest BCUT2D eigenvalue weighted by Crippen LogP contribution is -2.61. The average molecular weight is 467 g/mol. The van der Waals surface area contributed by atoms with Crippen LogP contribution in [0.4, 0.5) is 5.69 Å². The fourth-order valence-corrected chi connectivity index (χ4v) is 8.44. The highest BCUT2D eigenvalue weighted by Crippen LogP contribution is 2.55. The van der Waals surface area contributed by atoms with E-state index < -0.39 is 10.0 Å². The first-order chi connectivity index (χ1) is 15.6. The first kappa shape index (κ1) is 22.5. The Morgan fingerprint density at radius 3 is 2.00 bits per heavy atom. The number of nitrogens with one attached hydrogen (secondary N) is 1. The van der Waals surface area contributed by atoms with E-state index in [9.17, 15) is 13.2 Å². The average Bonchev–Trinajstić information content (AvgIpc) is 2.71. The fourth-order valence-electron chi connectivity index (χ4n) is 6.95. The second-order valence-electron chi connectivity index (χ2n) is 10.9. The number of aryl methyl sites for hydroxylation is 3. The van der Waals surface area contributed by atoms with E-state index in [1.165, 1.54) is 23.6 Å². The number of carbonyl (C=O) groups is 1. The number of sulfonamides is 1. The summed E-state index contributed by atoms with van der Waals surface area (Å²) in [5.41, 5.74) is 3.30. The molecule has 1 N–H and O–H groups in total. The maximum absolute atomic E-state index is 13.7. The summed E-state index contributed by atoms with van der Waals surface area (Å²) in [5.74, 6) is 1.93. The van der Waals surface area contributed by atoms with Crippen molar-refractivity contribution in [3.05, 3.63) is 59.2 Å². The Morgan fingerprint density at radius 2 is 1.45 bits per heavy atom. The number of benzene rings is 2. The quantitative estimate of drug-likeness (QED) is 0.659. The molecule has 0 aliphatic heterocycles. The summed E-state index contributed by atoms with van der Waals surface area (Å²) >= 11 is 0. The van der Waals surface area contributed by atoms with E-state index in [1.807, 2.05) is 39.0 Å². The number of hydrogen-bond donors (Lipinski definition) is 1. The van der Waals surface area contributed by atoms with E-state index in [4.69, 9.17) is 0 Å². The van der Waals surface area contributed by atoms with Gasteiger partial charge in [-0.2, -0.15) is 0 Å². The Labute approximate surface area is 197 Å². The monoisotopic (exact) mass is 466 g/mol. The highest BCUT2D eigenvalue weighted by molar-refractivity contribution is 7.92. The van der Waals surface area contributed by atoms with Crippen molar-refractivity contribution in [2.24, 2.45) is 17.8 Å². The lowest BCUT2D eigenvalue weighted by Gasteiger charge is -2.57. The van der Waals surface area contributed by atoms with Gasteiger partial charge in [-0.25, -0.2) is 8.42 Å². The number of carbonyl (C=O) groups excluding carboxylic acids is 1. The van der Waals surface area contributed by atoms with Crippen LogP contribution in [0.1, 0.15) is 55.2 Å². The first-order valence-electron chi connectivity index (χ1n) is 12.1. The van der Waals surface area contributed by atoms with E-state index in [-0.39, 0.29) is 22.9 Å². The molecule has 6 rings (SSSR count). The highest BCUT2D eigenvalue weighted by Gasteiger charge is 2.51. The van der Waals surface area contributed by atoms with Gasteiger partial charge in [0.1, 0.15) is 6.54 Å². The summed E-state index contributed by atoms with van der Waals surface area (Å²) in [6, 6.07) is 12.5. The molecular weight excluding hydrogens is 432 g/mol. The van der Waals surface area contributed by atoms with E-state index >= 15 is 0 Å². The molecule has 176 valence electrons. The first-order valence-corrected chi connectivity index (χ1v) is 13.6. The van der Waals surface area contributed by atoms with Crippen LogP contribution in [0.5, 0.6) is 0 Å². The van der Waals surface area contributed by atoms with E-state index in [2.05, 4.69) is 5.32 Å². The van der Waals surface area contributed by atoms with Crippen molar-refractivity contribution in [3.63, 3.8) is 0 Å². The van der Waals surface area contributed by atoms with Gasteiger partial charge >= 0.3 is 0 Å². The predicted octanol–water partition coefficient (Wildman–Crippen LogP) is 4.89. The third-order valence-corrected chi connectivity index (χ3v) is 9.73. The summed E-state index contributed by atoms with van der Waals surface area (Å²) in [6.07, 6.45) is 7.01. The van der Waals surface area contributed by atoms with Gasteiger partial charge in [0.05, 0.1) is 10.6 Å². The molecule has 33 heavy (non-hydrogen) atoms. The van der Waals surface area contributed by atoms with Gasteiger partial charge in [0.2, 0.25) is 5.91 Å². The number of rotatable bonds is 6. The standard InChI is InChI=1S/C27H34N2O3S/c1-18-4-7-24(8-5-18)33(31,32)29(25-9-6-19(2)10-20(25)3)17-26(30)28-27-14-21-11-22(15-27)13-23(12-21)16-27/h4-10,21-23H,11-17H2,1-3H3,(H,28,30). The molecule has 0 atom stereocenters. The molecule has 4 aliphatic carbocycles. The SMILES string of the molecule is Cc1ccc(S(=O)(=O)N(CC(=O)NC23CC4CC(CC(C4)C2)C3)c2ccc(C)cc2C)cc1. The Kier molecular flexibility index (Phi) is 5.55. The summed E-state index contributed by atoms with van der Waals surface area (Å²) in [7, 11) is -3.89. The van der Waals surface area contributed by atoms with Crippen LogP contribution in [-0.2, 0) is 14.8 Å². The number of anilines is 1. The summed E-state index contributed by atoms with van der Waals surface area (Å²) < 4.78 is 28.7. The molecule has 4 bridgehead atoms. The second-order valence-corrected chi connectivity index (χ2v) is 12.7. The minimum absolute atomic E-state index is 0.145. The summed E-state index contributed by atoms with van der Waals surface area (Å²) in [5, 5.41) is 3.34. The topological polar surface area (TPSA) is 66.5 Å². The molecule has 4 fully saturated rings. The van der Waals surface area contributed by atoms with E-state index in [0.29, 0.717) is 23.4 Å². The van der Waals surface area contributed by atoms with E-state index in [0.717, 1.165) is 36.0 Å². The minimum atomic E-state index is -3.89. The third-order valence-electron chi connectivity index (χ3n) is 7.96. The van der Waals surface area contributed by atoms with Crippen LogP contribution in [0, 0.1) is 38.5 Å². The fraction of sp³-hybridized carbons (Fsp3) is 0.519. The molecule has 2 aromatic rings. The van der Waals surface area contributed by atoms with Crippen molar-refractivity contribution in [3.8, 4) is 0 Å². The second kappa shape index (κ2) is 8.15. The lowest BCUT2D eigenvalue weighted by molar-refractivity contribution is -0.125. The molecule has 0 radical (unpaired) electrons. The molecule has 5 nitrogen and oxygen atoms in total. The molecule has 0 heterocycles. The third kappa shape index (κ3) is 4.30. The number of hydrogen-bond acceptors (Lipinski definition) is 3. The Morgan fingerprint density at radius 1 is 0.909 bits per heavy atom. The Bertz CT molecular complexity index is 1140. The Hall–Kier alpha value is -2.34. The Balaban J connectivity index is 1.44. The van der Waals surface area contributed by atoms with Crippen LogP contribution in [0.3, 0.4) is 0 Å². The van der Waals surface area contributed by atoms with Gasteiger partial charge in [0, 0.05) is 5.54 Å². The van der Waals surface area contributed by atoms with Crippen molar-refractivity contribution in [2.45, 2.75) is 69.7 Å². The zero-order chi connectivity index (χ0) is 23.4. The maximum atomic E-state index is 13.7. The highest BCUT2D eigenvalue weighted by atomic mass is 32.2. The largest absolute Gasteiger partial charge is 0.349 e. The minimum Gasteiger partial charge on any atom is -0.349 e. The van der Waals surface area contributed by atoms with Crippen molar-refractivity contribution in [1.82, 2.24) is 5.32 Å². The zero-order valence-electron chi connectivity index (χ0n) is 19.8.